The molecule has 1 aromatic rings. The molecule has 1 rings (SSSR count). The highest BCUT2D eigenvalue weighted by atomic mass is 32.2. The molecule has 0 spiro atoms. The predicted octanol–water partition coefficient (Wildman–Crippen LogP) is 0.584. The Morgan fingerprint density at radius 2 is 1.90 bits per heavy atom. The van der Waals surface area contributed by atoms with Crippen LogP contribution in [0.1, 0.15) is 13.8 Å². The quantitative estimate of drug-likeness (QED) is 0.610. The Hall–Kier alpha value is -1.31. The van der Waals surface area contributed by atoms with E-state index in [4.69, 9.17) is 15.6 Å². The molecule has 1 unspecified atom stereocenters. The Labute approximate surface area is 120 Å². The molecule has 0 bridgehead atoms. The van der Waals surface area contributed by atoms with Crippen LogP contribution in [0.4, 0.5) is 5.69 Å². The summed E-state index contributed by atoms with van der Waals surface area (Å²) in [5.74, 6) is 0.422. The summed E-state index contributed by atoms with van der Waals surface area (Å²) in [4.78, 5) is 0. The van der Waals surface area contributed by atoms with Crippen molar-refractivity contribution in [3.05, 3.63) is 24.3 Å². The molecule has 0 saturated heterocycles. The lowest BCUT2D eigenvalue weighted by atomic mass is 10.1. The van der Waals surface area contributed by atoms with Gasteiger partial charge in [0.1, 0.15) is 12.4 Å². The van der Waals surface area contributed by atoms with Gasteiger partial charge in [-0.25, -0.2) is 13.1 Å². The van der Waals surface area contributed by atoms with E-state index in [1.165, 1.54) is 0 Å². The summed E-state index contributed by atoms with van der Waals surface area (Å²) in [7, 11) is -3.48. The van der Waals surface area contributed by atoms with Crippen molar-refractivity contribution < 1.29 is 18.3 Å². The fraction of sp³-hybridized carbons (Fsp3) is 0.538. The van der Waals surface area contributed by atoms with Crippen molar-refractivity contribution in [3.8, 4) is 5.75 Å². The maximum atomic E-state index is 11.8. The predicted molar refractivity (Wildman–Crippen MR) is 79.0 cm³/mol. The van der Waals surface area contributed by atoms with Crippen LogP contribution in [0.15, 0.2) is 24.3 Å². The van der Waals surface area contributed by atoms with E-state index in [-0.39, 0.29) is 24.9 Å². The minimum atomic E-state index is -3.48. The van der Waals surface area contributed by atoms with Gasteiger partial charge in [0.05, 0.1) is 12.4 Å². The van der Waals surface area contributed by atoms with Crippen LogP contribution in [-0.4, -0.2) is 38.5 Å². The first-order valence-corrected chi connectivity index (χ1v) is 8.08. The van der Waals surface area contributed by atoms with E-state index < -0.39 is 16.1 Å². The third kappa shape index (κ3) is 5.77. The molecule has 114 valence electrons. The number of ether oxygens (including phenoxy) is 1. The number of benzene rings is 1. The molecule has 7 heteroatoms. The summed E-state index contributed by atoms with van der Waals surface area (Å²) >= 11 is 0. The molecular weight excluding hydrogens is 280 g/mol. The molecule has 20 heavy (non-hydrogen) atoms. The average Bonchev–Trinajstić information content (AvgIpc) is 2.38. The maximum absolute atomic E-state index is 11.8. The van der Waals surface area contributed by atoms with E-state index in [9.17, 15) is 8.42 Å². The number of aliphatic hydroxyl groups is 1. The van der Waals surface area contributed by atoms with Gasteiger partial charge < -0.3 is 15.6 Å². The number of aliphatic hydroxyl groups excluding tert-OH is 1. The molecule has 0 aromatic heterocycles. The van der Waals surface area contributed by atoms with Crippen LogP contribution in [0, 0.1) is 5.92 Å². The number of hydrogen-bond donors (Lipinski definition) is 3. The van der Waals surface area contributed by atoms with Gasteiger partial charge in [-0.2, -0.15) is 0 Å². The van der Waals surface area contributed by atoms with Gasteiger partial charge in [-0.1, -0.05) is 13.8 Å². The fourth-order valence-corrected chi connectivity index (χ4v) is 2.74. The van der Waals surface area contributed by atoms with Crippen molar-refractivity contribution >= 4 is 15.7 Å². The van der Waals surface area contributed by atoms with Crippen LogP contribution < -0.4 is 15.2 Å². The second-order valence-electron chi connectivity index (χ2n) is 4.89. The van der Waals surface area contributed by atoms with Crippen molar-refractivity contribution in [1.82, 2.24) is 4.72 Å². The molecule has 4 N–H and O–H groups in total. The van der Waals surface area contributed by atoms with Gasteiger partial charge >= 0.3 is 0 Å². The second kappa shape index (κ2) is 7.47. The Bertz CT molecular complexity index is 500. The molecule has 0 aliphatic heterocycles. The highest BCUT2D eigenvalue weighted by Crippen LogP contribution is 2.13. The number of hydrogen-bond acceptors (Lipinski definition) is 5. The molecule has 1 atom stereocenters. The summed E-state index contributed by atoms with van der Waals surface area (Å²) in [6, 6.07) is 6.25. The van der Waals surface area contributed by atoms with Crippen LogP contribution in [0.5, 0.6) is 5.75 Å². The van der Waals surface area contributed by atoms with E-state index in [1.54, 1.807) is 24.3 Å². The first kappa shape index (κ1) is 16.7. The van der Waals surface area contributed by atoms with E-state index in [1.807, 2.05) is 13.8 Å². The molecule has 0 aliphatic carbocycles. The number of nitrogen functional groups attached to an aromatic ring is 1. The number of nitrogens with one attached hydrogen (secondary N) is 1. The molecular formula is C13H22N2O4S. The average molecular weight is 302 g/mol. The van der Waals surface area contributed by atoms with Gasteiger partial charge in [-0.15, -0.1) is 0 Å². The topological polar surface area (TPSA) is 102 Å². The van der Waals surface area contributed by atoms with Crippen molar-refractivity contribution in [2.24, 2.45) is 5.92 Å². The van der Waals surface area contributed by atoms with Crippen molar-refractivity contribution in [1.29, 1.82) is 0 Å². The molecule has 1 aromatic carbocycles. The molecule has 6 nitrogen and oxygen atoms in total. The van der Waals surface area contributed by atoms with Gasteiger partial charge in [0.2, 0.25) is 10.0 Å². The Morgan fingerprint density at radius 1 is 1.30 bits per heavy atom. The summed E-state index contributed by atoms with van der Waals surface area (Å²) < 4.78 is 31.4. The molecule has 0 radical (unpaired) electrons. The molecule has 0 fully saturated rings. The van der Waals surface area contributed by atoms with Gasteiger partial charge in [-0.05, 0) is 30.2 Å². The first-order chi connectivity index (χ1) is 9.34. The normalized spacial score (nSPS) is 13.4. The van der Waals surface area contributed by atoms with E-state index in [0.717, 1.165) is 0 Å². The number of sulfonamides is 1. The van der Waals surface area contributed by atoms with Gasteiger partial charge in [0.25, 0.3) is 0 Å². The lowest BCUT2D eigenvalue weighted by molar-refractivity contribution is 0.227. The standard InChI is InChI=1S/C13H22N2O4S/c1-10(2)13(9-16)15-20(17,18)8-7-19-12-5-3-11(14)4-6-12/h3-6,10,13,15-16H,7-9,14H2,1-2H3. The van der Waals surface area contributed by atoms with Gasteiger partial charge in [0.15, 0.2) is 0 Å². The Morgan fingerprint density at radius 3 is 2.40 bits per heavy atom. The van der Waals surface area contributed by atoms with E-state index >= 15 is 0 Å². The minimum absolute atomic E-state index is 0.0211. The number of nitrogens with two attached hydrogens (primary N) is 1. The van der Waals surface area contributed by atoms with Crippen LogP contribution >= 0.6 is 0 Å². The zero-order valence-electron chi connectivity index (χ0n) is 11.7. The fourth-order valence-electron chi connectivity index (χ4n) is 1.51. The lowest BCUT2D eigenvalue weighted by Gasteiger charge is -2.19. The third-order valence-electron chi connectivity index (χ3n) is 2.83. The van der Waals surface area contributed by atoms with Crippen molar-refractivity contribution in [2.75, 3.05) is 24.7 Å². The smallest absolute Gasteiger partial charge is 0.215 e. The zero-order valence-corrected chi connectivity index (χ0v) is 12.6. The van der Waals surface area contributed by atoms with E-state index in [2.05, 4.69) is 4.72 Å². The lowest BCUT2D eigenvalue weighted by Crippen LogP contribution is -2.42. The van der Waals surface area contributed by atoms with Crippen molar-refractivity contribution in [2.45, 2.75) is 19.9 Å². The zero-order chi connectivity index (χ0) is 15.2. The SMILES string of the molecule is CC(C)C(CO)NS(=O)(=O)CCOc1ccc(N)cc1. The Balaban J connectivity index is 2.45. The van der Waals surface area contributed by atoms with Crippen LogP contribution in [0.25, 0.3) is 0 Å². The summed E-state index contributed by atoms with van der Waals surface area (Å²) in [5, 5.41) is 9.12. The molecule has 0 amide bonds. The van der Waals surface area contributed by atoms with Gasteiger partial charge in [-0.3, -0.25) is 0 Å². The minimum Gasteiger partial charge on any atom is -0.492 e. The Kier molecular flexibility index (Phi) is 6.25. The monoisotopic (exact) mass is 302 g/mol. The summed E-state index contributed by atoms with van der Waals surface area (Å²) in [6.07, 6.45) is 0. The highest BCUT2D eigenvalue weighted by molar-refractivity contribution is 7.89. The first-order valence-electron chi connectivity index (χ1n) is 6.43. The highest BCUT2D eigenvalue weighted by Gasteiger charge is 2.19. The molecule has 0 aliphatic rings. The maximum Gasteiger partial charge on any atom is 0.215 e. The summed E-state index contributed by atoms with van der Waals surface area (Å²) in [6.45, 7) is 3.49. The van der Waals surface area contributed by atoms with Crippen LogP contribution in [-0.2, 0) is 10.0 Å². The third-order valence-corrected chi connectivity index (χ3v) is 4.20. The summed E-state index contributed by atoms with van der Waals surface area (Å²) in [5.41, 5.74) is 6.16. The van der Waals surface area contributed by atoms with Gasteiger partial charge in [0, 0.05) is 11.7 Å². The van der Waals surface area contributed by atoms with Crippen LogP contribution in [0.2, 0.25) is 0 Å². The number of rotatable bonds is 8. The van der Waals surface area contributed by atoms with Crippen LogP contribution in [0.3, 0.4) is 0 Å². The second-order valence-corrected chi connectivity index (χ2v) is 6.76. The number of anilines is 1. The molecule has 0 heterocycles. The van der Waals surface area contributed by atoms with Crippen molar-refractivity contribution in [3.63, 3.8) is 0 Å². The molecule has 0 saturated carbocycles. The largest absolute Gasteiger partial charge is 0.492 e. The van der Waals surface area contributed by atoms with E-state index in [0.29, 0.717) is 11.4 Å².